The predicted octanol–water partition coefficient (Wildman–Crippen LogP) is 2.04. The van der Waals surface area contributed by atoms with Gasteiger partial charge in [0.15, 0.2) is 0 Å². The number of amides is 1. The molecular weight excluding hydrogens is 410 g/mol. The summed E-state index contributed by atoms with van der Waals surface area (Å²) >= 11 is 6.30. The van der Waals surface area contributed by atoms with E-state index in [0.717, 1.165) is 22.2 Å². The zero-order chi connectivity index (χ0) is 21.0. The molecule has 0 aromatic heterocycles. The van der Waals surface area contributed by atoms with Gasteiger partial charge < -0.3 is 14.6 Å². The number of thiocarbonyl (C=S) groups is 1. The number of ether oxygens (including phenoxy) is 1. The van der Waals surface area contributed by atoms with Crippen LogP contribution < -0.4 is 5.11 Å². The van der Waals surface area contributed by atoms with Crippen LogP contribution in [0.1, 0.15) is 21.5 Å². The molecule has 1 fully saturated rings. The largest absolute Gasteiger partial charge is 0.548 e. The van der Waals surface area contributed by atoms with Gasteiger partial charge in [-0.15, -0.1) is 0 Å². The van der Waals surface area contributed by atoms with Gasteiger partial charge in [0.05, 0.1) is 29.6 Å². The molecule has 148 valence electrons. The van der Waals surface area contributed by atoms with Crippen molar-refractivity contribution in [3.05, 3.63) is 76.2 Å². The van der Waals surface area contributed by atoms with Crippen molar-refractivity contribution in [2.45, 2.75) is 12.5 Å². The molecule has 6 nitrogen and oxygen atoms in total. The summed E-state index contributed by atoms with van der Waals surface area (Å²) in [6.45, 7) is 0. The van der Waals surface area contributed by atoms with Crippen LogP contribution in [0, 0.1) is 0 Å². The summed E-state index contributed by atoms with van der Waals surface area (Å²) in [5, 5.41) is 11.7. The van der Waals surface area contributed by atoms with Gasteiger partial charge in [0.2, 0.25) is 0 Å². The predicted molar refractivity (Wildman–Crippen MR) is 112 cm³/mol. The van der Waals surface area contributed by atoms with Gasteiger partial charge in [-0.05, 0) is 35.8 Å². The van der Waals surface area contributed by atoms with Crippen LogP contribution in [0.4, 0.5) is 0 Å². The number of hydrogen-bond acceptors (Lipinski definition) is 7. The van der Waals surface area contributed by atoms with Crippen LogP contribution in [0.2, 0.25) is 0 Å². The quantitative estimate of drug-likeness (QED) is 0.397. The number of thioether (sulfide) groups is 1. The Bertz CT molecular complexity index is 986. The normalized spacial score (nSPS) is 16.2. The highest BCUT2D eigenvalue weighted by Gasteiger charge is 2.37. The number of benzene rings is 2. The number of rotatable bonds is 6. The molecule has 1 amide bonds. The average molecular weight is 426 g/mol. The lowest BCUT2D eigenvalue weighted by Crippen LogP contribution is -2.51. The molecule has 3 rings (SSSR count). The number of carboxylic acids is 1. The second-order valence-corrected chi connectivity index (χ2v) is 7.87. The van der Waals surface area contributed by atoms with Gasteiger partial charge in [0.25, 0.3) is 5.91 Å². The monoisotopic (exact) mass is 426 g/mol. The minimum absolute atomic E-state index is 0.0940. The van der Waals surface area contributed by atoms with E-state index < -0.39 is 23.9 Å². The van der Waals surface area contributed by atoms with E-state index in [9.17, 15) is 19.5 Å². The summed E-state index contributed by atoms with van der Waals surface area (Å²) < 4.78 is 4.82. The van der Waals surface area contributed by atoms with Crippen molar-refractivity contribution in [2.24, 2.45) is 0 Å². The summed E-state index contributed by atoms with van der Waals surface area (Å²) in [7, 11) is 1.30. The summed E-state index contributed by atoms with van der Waals surface area (Å²) in [6, 6.07) is 14.3. The molecule has 0 spiro atoms. The Morgan fingerprint density at radius 2 is 1.83 bits per heavy atom. The smallest absolute Gasteiger partial charge is 0.337 e. The lowest BCUT2D eigenvalue weighted by molar-refractivity contribution is -0.310. The maximum atomic E-state index is 12.9. The van der Waals surface area contributed by atoms with Crippen LogP contribution in [0.3, 0.4) is 0 Å². The molecule has 2 aromatic rings. The third kappa shape index (κ3) is 4.72. The Morgan fingerprint density at radius 1 is 1.17 bits per heavy atom. The van der Waals surface area contributed by atoms with E-state index in [1.165, 1.54) is 7.11 Å². The molecule has 29 heavy (non-hydrogen) atoms. The molecular formula is C21H16NO5S2-. The standard InChI is InChI=1S/C21H17NO5S2/c1-27-20(26)15-9-7-14(8-10-15)12-17-18(23)22(21(28)29-17)16(19(24)25)11-13-5-3-2-4-6-13/h2-10,12,16H,11H2,1H3,(H,24,25)/p-1/b17-12-/t16-/m1/s1. The Balaban J connectivity index is 1.83. The van der Waals surface area contributed by atoms with Crippen molar-refractivity contribution in [3.8, 4) is 0 Å². The SMILES string of the molecule is COC(=O)c1ccc(/C=C2\SC(=S)N([C@H](Cc3ccccc3)C(=O)[O-])C2=O)cc1. The molecule has 1 atom stereocenters. The first-order valence-electron chi connectivity index (χ1n) is 8.61. The Morgan fingerprint density at radius 3 is 2.41 bits per heavy atom. The summed E-state index contributed by atoms with van der Waals surface area (Å²) in [5.74, 6) is -2.31. The van der Waals surface area contributed by atoms with Crippen molar-refractivity contribution < 1.29 is 24.2 Å². The highest BCUT2D eigenvalue weighted by molar-refractivity contribution is 8.26. The topological polar surface area (TPSA) is 86.7 Å². The maximum Gasteiger partial charge on any atom is 0.337 e. The molecule has 0 bridgehead atoms. The molecule has 0 N–H and O–H groups in total. The van der Waals surface area contributed by atoms with Gasteiger partial charge in [-0.3, -0.25) is 9.69 Å². The number of carbonyl (C=O) groups is 3. The lowest BCUT2D eigenvalue weighted by Gasteiger charge is -2.27. The molecule has 0 unspecified atom stereocenters. The van der Waals surface area contributed by atoms with Crippen molar-refractivity contribution in [3.63, 3.8) is 0 Å². The minimum Gasteiger partial charge on any atom is -0.548 e. The van der Waals surface area contributed by atoms with E-state index in [0.29, 0.717) is 16.0 Å². The van der Waals surface area contributed by atoms with Gasteiger partial charge in [-0.25, -0.2) is 4.79 Å². The van der Waals surface area contributed by atoms with Gasteiger partial charge in [-0.2, -0.15) is 0 Å². The Labute approximate surface area is 177 Å². The van der Waals surface area contributed by atoms with Gasteiger partial charge in [0.1, 0.15) is 4.32 Å². The van der Waals surface area contributed by atoms with E-state index in [4.69, 9.17) is 12.2 Å². The minimum atomic E-state index is -1.37. The van der Waals surface area contributed by atoms with Gasteiger partial charge >= 0.3 is 5.97 Å². The van der Waals surface area contributed by atoms with E-state index in [2.05, 4.69) is 4.74 Å². The first kappa shape index (κ1) is 20.8. The zero-order valence-electron chi connectivity index (χ0n) is 15.4. The molecule has 1 saturated heterocycles. The van der Waals surface area contributed by atoms with Crippen molar-refractivity contribution >= 4 is 52.2 Å². The van der Waals surface area contributed by atoms with Gasteiger partial charge in [-0.1, -0.05) is 66.4 Å². The first-order valence-corrected chi connectivity index (χ1v) is 9.83. The highest BCUT2D eigenvalue weighted by Crippen LogP contribution is 2.34. The van der Waals surface area contributed by atoms with E-state index in [1.807, 2.05) is 6.07 Å². The van der Waals surface area contributed by atoms with Crippen molar-refractivity contribution in [1.82, 2.24) is 4.90 Å². The number of carbonyl (C=O) groups excluding carboxylic acids is 3. The molecule has 1 heterocycles. The van der Waals surface area contributed by atoms with E-state index >= 15 is 0 Å². The van der Waals surface area contributed by atoms with Crippen molar-refractivity contribution in [2.75, 3.05) is 7.11 Å². The Kier molecular flexibility index (Phi) is 6.46. The summed E-state index contributed by atoms with van der Waals surface area (Å²) in [4.78, 5) is 37.5. The number of hydrogen-bond donors (Lipinski definition) is 0. The lowest BCUT2D eigenvalue weighted by atomic mass is 10.0. The number of esters is 1. The van der Waals surface area contributed by atoms with Crippen LogP contribution in [0.15, 0.2) is 59.5 Å². The van der Waals surface area contributed by atoms with E-state index in [-0.39, 0.29) is 10.7 Å². The number of carboxylic acid groups (broad SMARTS) is 1. The van der Waals surface area contributed by atoms with Crippen LogP contribution in [0.25, 0.3) is 6.08 Å². The fraction of sp³-hybridized carbons (Fsp3) is 0.143. The third-order valence-electron chi connectivity index (χ3n) is 4.31. The van der Waals surface area contributed by atoms with Crippen LogP contribution in [-0.2, 0) is 20.7 Å². The van der Waals surface area contributed by atoms with Crippen molar-refractivity contribution in [1.29, 1.82) is 0 Å². The molecule has 0 aliphatic carbocycles. The van der Waals surface area contributed by atoms with Crippen LogP contribution >= 0.6 is 24.0 Å². The van der Waals surface area contributed by atoms with Crippen LogP contribution in [-0.4, -0.2) is 40.2 Å². The maximum absolute atomic E-state index is 12.9. The van der Waals surface area contributed by atoms with Crippen LogP contribution in [0.5, 0.6) is 0 Å². The molecule has 2 aromatic carbocycles. The number of aliphatic carboxylic acids is 1. The second kappa shape index (κ2) is 9.02. The summed E-state index contributed by atoms with van der Waals surface area (Å²) in [6.07, 6.45) is 1.70. The third-order valence-corrected chi connectivity index (χ3v) is 5.64. The molecule has 1 aliphatic rings. The van der Waals surface area contributed by atoms with Gasteiger partial charge in [0, 0.05) is 0 Å². The molecule has 8 heteroatoms. The molecule has 0 radical (unpaired) electrons. The molecule has 1 aliphatic heterocycles. The average Bonchev–Trinajstić information content (AvgIpc) is 2.99. The zero-order valence-corrected chi connectivity index (χ0v) is 17.0. The summed E-state index contributed by atoms with van der Waals surface area (Å²) in [5.41, 5.74) is 1.82. The number of methoxy groups -OCH3 is 1. The number of nitrogens with zero attached hydrogens (tertiary/aromatic N) is 1. The first-order chi connectivity index (χ1) is 13.9. The van der Waals surface area contributed by atoms with E-state index in [1.54, 1.807) is 54.6 Å². The fourth-order valence-corrected chi connectivity index (χ4v) is 4.21. The fourth-order valence-electron chi connectivity index (χ4n) is 2.85. The Hall–Kier alpha value is -2.97. The second-order valence-electron chi connectivity index (χ2n) is 6.19. The highest BCUT2D eigenvalue weighted by atomic mass is 32.2. The molecule has 0 saturated carbocycles.